The number of nitrogens with one attached hydrogen (secondary N) is 1. The van der Waals surface area contributed by atoms with Gasteiger partial charge in [-0.1, -0.05) is 6.42 Å². The molecule has 1 aliphatic heterocycles. The normalized spacial score (nSPS) is 16.3. The molecule has 0 bridgehead atoms. The van der Waals surface area contributed by atoms with Crippen molar-refractivity contribution in [1.82, 2.24) is 10.3 Å². The predicted octanol–water partition coefficient (Wildman–Crippen LogP) is -0.605. The summed E-state index contributed by atoms with van der Waals surface area (Å²) in [6.07, 6.45) is 3.11. The number of hydrogen-bond acceptors (Lipinski definition) is 4. The average Bonchev–Trinajstić information content (AvgIpc) is 2.30. The fourth-order valence-corrected chi connectivity index (χ4v) is 1.62. The summed E-state index contributed by atoms with van der Waals surface area (Å²) in [6, 6.07) is 0. The van der Waals surface area contributed by atoms with Crippen molar-refractivity contribution in [2.45, 2.75) is 25.7 Å². The summed E-state index contributed by atoms with van der Waals surface area (Å²) in [5.74, 6) is 4.88. The van der Waals surface area contributed by atoms with E-state index in [0.29, 0.717) is 19.6 Å². The molecule has 1 saturated heterocycles. The van der Waals surface area contributed by atoms with Gasteiger partial charge in [0.1, 0.15) is 6.61 Å². The lowest BCUT2D eigenvalue weighted by Crippen LogP contribution is -2.42. The van der Waals surface area contributed by atoms with Crippen LogP contribution in [0.15, 0.2) is 0 Å². The van der Waals surface area contributed by atoms with Crippen molar-refractivity contribution in [3.05, 3.63) is 0 Å². The van der Waals surface area contributed by atoms with Gasteiger partial charge in [0.2, 0.25) is 11.8 Å². The Labute approximate surface area is 95.1 Å². The van der Waals surface area contributed by atoms with Gasteiger partial charge in [0.05, 0.1) is 6.61 Å². The van der Waals surface area contributed by atoms with Crippen molar-refractivity contribution in [1.29, 1.82) is 0 Å². The Kier molecular flexibility index (Phi) is 5.81. The van der Waals surface area contributed by atoms with Crippen LogP contribution in [0.2, 0.25) is 0 Å². The highest BCUT2D eigenvalue weighted by atomic mass is 16.5. The Morgan fingerprint density at radius 2 is 2.25 bits per heavy atom. The molecule has 92 valence electrons. The van der Waals surface area contributed by atoms with Gasteiger partial charge in [-0.25, -0.2) is 5.84 Å². The van der Waals surface area contributed by atoms with Crippen LogP contribution in [0.4, 0.5) is 0 Å². The van der Waals surface area contributed by atoms with Crippen molar-refractivity contribution < 1.29 is 14.3 Å². The van der Waals surface area contributed by atoms with Gasteiger partial charge in [0.15, 0.2) is 0 Å². The second-order valence-electron chi connectivity index (χ2n) is 3.81. The number of carbonyl (C=O) groups is 2. The Morgan fingerprint density at radius 3 is 2.94 bits per heavy atom. The van der Waals surface area contributed by atoms with Crippen LogP contribution in [-0.4, -0.2) is 43.0 Å². The molecule has 0 saturated carbocycles. The maximum atomic E-state index is 11.3. The van der Waals surface area contributed by atoms with E-state index in [2.05, 4.69) is 5.43 Å². The molecule has 6 heteroatoms. The van der Waals surface area contributed by atoms with Gasteiger partial charge in [0.25, 0.3) is 0 Å². The van der Waals surface area contributed by atoms with Gasteiger partial charge in [-0.15, -0.1) is 0 Å². The topological polar surface area (TPSA) is 84.7 Å². The first-order chi connectivity index (χ1) is 7.74. The first-order valence-corrected chi connectivity index (χ1v) is 5.59. The summed E-state index contributed by atoms with van der Waals surface area (Å²) in [6.45, 7) is 2.27. The summed E-state index contributed by atoms with van der Waals surface area (Å²) in [5, 5.41) is 0. The van der Waals surface area contributed by atoms with Crippen LogP contribution in [-0.2, 0) is 14.3 Å². The van der Waals surface area contributed by atoms with Crippen molar-refractivity contribution in [2.24, 2.45) is 5.84 Å². The third-order valence-electron chi connectivity index (χ3n) is 2.58. The number of nitrogens with zero attached hydrogens (tertiary/aromatic N) is 1. The Balaban J connectivity index is 2.02. The molecule has 1 aliphatic rings. The second kappa shape index (κ2) is 7.19. The molecule has 0 aromatic heterocycles. The van der Waals surface area contributed by atoms with Crippen molar-refractivity contribution in [3.63, 3.8) is 0 Å². The Bertz CT molecular complexity index is 245. The zero-order valence-electron chi connectivity index (χ0n) is 9.41. The molecule has 2 amide bonds. The second-order valence-corrected chi connectivity index (χ2v) is 3.81. The zero-order chi connectivity index (χ0) is 11.8. The van der Waals surface area contributed by atoms with Crippen LogP contribution in [0.3, 0.4) is 0 Å². The van der Waals surface area contributed by atoms with Crippen LogP contribution in [0.5, 0.6) is 0 Å². The maximum Gasteiger partial charge on any atom is 0.248 e. The van der Waals surface area contributed by atoms with Crippen LogP contribution in [0.1, 0.15) is 25.7 Å². The van der Waals surface area contributed by atoms with E-state index in [-0.39, 0.29) is 18.4 Å². The van der Waals surface area contributed by atoms with E-state index >= 15 is 0 Å². The van der Waals surface area contributed by atoms with E-state index < -0.39 is 0 Å². The summed E-state index contributed by atoms with van der Waals surface area (Å²) in [5.41, 5.74) is 2.09. The van der Waals surface area contributed by atoms with Crippen LogP contribution < -0.4 is 11.3 Å². The van der Waals surface area contributed by atoms with Crippen molar-refractivity contribution >= 4 is 11.8 Å². The number of amides is 2. The molecule has 0 spiro atoms. The first-order valence-electron chi connectivity index (χ1n) is 5.59. The van der Waals surface area contributed by atoms with Crippen LogP contribution >= 0.6 is 0 Å². The maximum absolute atomic E-state index is 11.3. The summed E-state index contributed by atoms with van der Waals surface area (Å²) >= 11 is 0. The highest BCUT2D eigenvalue weighted by molar-refractivity contribution is 5.78. The lowest BCUT2D eigenvalue weighted by molar-refractivity contribution is -0.142. The van der Waals surface area contributed by atoms with Crippen molar-refractivity contribution in [2.75, 3.05) is 26.3 Å². The number of hydrazine groups is 1. The molecule has 1 rings (SSSR count). The molecule has 0 aromatic carbocycles. The summed E-state index contributed by atoms with van der Waals surface area (Å²) in [4.78, 5) is 24.0. The lowest BCUT2D eigenvalue weighted by Gasteiger charge is -2.26. The van der Waals surface area contributed by atoms with Crippen LogP contribution in [0.25, 0.3) is 0 Å². The molecule has 1 heterocycles. The van der Waals surface area contributed by atoms with E-state index in [0.717, 1.165) is 25.8 Å². The smallest absolute Gasteiger partial charge is 0.248 e. The molecule has 0 aromatic rings. The monoisotopic (exact) mass is 229 g/mol. The molecular formula is C10H19N3O3. The van der Waals surface area contributed by atoms with Gasteiger partial charge in [-0.3, -0.25) is 15.0 Å². The summed E-state index contributed by atoms with van der Waals surface area (Å²) in [7, 11) is 0. The minimum Gasteiger partial charge on any atom is -0.370 e. The largest absolute Gasteiger partial charge is 0.370 e. The van der Waals surface area contributed by atoms with Crippen molar-refractivity contribution in [3.8, 4) is 0 Å². The highest BCUT2D eigenvalue weighted by Gasteiger charge is 2.17. The molecule has 16 heavy (non-hydrogen) atoms. The van der Waals surface area contributed by atoms with E-state index in [4.69, 9.17) is 10.6 Å². The standard InChI is InChI=1S/C10H19N3O3/c11-12-9(14)4-2-1-3-5-13-6-7-16-8-10(13)15/h1-8,11H2,(H,12,14). The number of rotatable bonds is 6. The quantitative estimate of drug-likeness (QED) is 0.275. The fourth-order valence-electron chi connectivity index (χ4n) is 1.62. The van der Waals surface area contributed by atoms with Gasteiger partial charge < -0.3 is 9.64 Å². The average molecular weight is 229 g/mol. The fraction of sp³-hybridized carbons (Fsp3) is 0.800. The lowest BCUT2D eigenvalue weighted by atomic mass is 10.2. The minimum absolute atomic E-state index is 0.0611. The molecule has 1 fully saturated rings. The SMILES string of the molecule is NNC(=O)CCCCCN1CCOCC1=O. The first kappa shape index (κ1) is 12.9. The number of nitrogens with two attached hydrogens (primary N) is 1. The third kappa shape index (κ3) is 4.59. The van der Waals surface area contributed by atoms with E-state index in [9.17, 15) is 9.59 Å². The van der Waals surface area contributed by atoms with E-state index in [1.807, 2.05) is 4.90 Å². The van der Waals surface area contributed by atoms with Gasteiger partial charge in [-0.2, -0.15) is 0 Å². The molecule has 0 aliphatic carbocycles. The zero-order valence-corrected chi connectivity index (χ0v) is 9.41. The molecule has 0 unspecified atom stereocenters. The molecule has 3 N–H and O–H groups in total. The number of unbranched alkanes of at least 4 members (excludes halogenated alkanes) is 2. The van der Waals surface area contributed by atoms with Gasteiger partial charge in [-0.05, 0) is 12.8 Å². The number of morpholine rings is 1. The number of carbonyl (C=O) groups excluding carboxylic acids is 2. The molecular weight excluding hydrogens is 210 g/mol. The molecule has 0 radical (unpaired) electrons. The predicted molar refractivity (Wildman–Crippen MR) is 58.2 cm³/mol. The van der Waals surface area contributed by atoms with E-state index in [1.54, 1.807) is 0 Å². The molecule has 0 atom stereocenters. The Hall–Kier alpha value is -1.14. The van der Waals surface area contributed by atoms with E-state index in [1.165, 1.54) is 0 Å². The highest BCUT2D eigenvalue weighted by Crippen LogP contribution is 2.04. The number of ether oxygens (including phenoxy) is 1. The Morgan fingerprint density at radius 1 is 1.44 bits per heavy atom. The van der Waals surface area contributed by atoms with Gasteiger partial charge >= 0.3 is 0 Å². The minimum atomic E-state index is -0.137. The molecule has 6 nitrogen and oxygen atoms in total. The third-order valence-corrected chi connectivity index (χ3v) is 2.58. The summed E-state index contributed by atoms with van der Waals surface area (Å²) < 4.78 is 5.03. The van der Waals surface area contributed by atoms with Crippen LogP contribution in [0, 0.1) is 0 Å². The number of hydrogen-bond donors (Lipinski definition) is 2. The van der Waals surface area contributed by atoms with Gasteiger partial charge in [0, 0.05) is 19.5 Å².